The zero-order valence-electron chi connectivity index (χ0n) is 28.9. The molecule has 54 heavy (non-hydrogen) atoms. The van der Waals surface area contributed by atoms with Gasteiger partial charge in [-0.15, -0.1) is 0 Å². The van der Waals surface area contributed by atoms with Crippen LogP contribution < -0.4 is 0 Å². The van der Waals surface area contributed by atoms with Gasteiger partial charge in [0.1, 0.15) is 11.2 Å². The highest BCUT2D eigenvalue weighted by atomic mass is 16.3. The van der Waals surface area contributed by atoms with E-state index in [9.17, 15) is 0 Å². The van der Waals surface area contributed by atoms with Crippen LogP contribution in [0.3, 0.4) is 0 Å². The lowest BCUT2D eigenvalue weighted by Gasteiger charge is -2.16. The van der Waals surface area contributed by atoms with Crippen molar-refractivity contribution >= 4 is 54.5 Å². The Labute approximate surface area is 309 Å². The van der Waals surface area contributed by atoms with Crippen molar-refractivity contribution in [2.45, 2.75) is 0 Å². The maximum atomic E-state index is 6.29. The van der Waals surface area contributed by atoms with E-state index in [2.05, 4.69) is 120 Å². The van der Waals surface area contributed by atoms with Crippen molar-refractivity contribution in [1.82, 2.24) is 19.5 Å². The van der Waals surface area contributed by atoms with E-state index >= 15 is 0 Å². The lowest BCUT2D eigenvalue weighted by Crippen LogP contribution is -2.03. The molecule has 0 saturated heterocycles. The van der Waals surface area contributed by atoms with Crippen molar-refractivity contribution in [3.8, 4) is 62.1 Å². The molecule has 12 rings (SSSR count). The van der Waals surface area contributed by atoms with Crippen LogP contribution in [-0.4, -0.2) is 19.5 Å². The third-order valence-electron chi connectivity index (χ3n) is 11.0. The first-order valence-electron chi connectivity index (χ1n) is 18.2. The highest BCUT2D eigenvalue weighted by molar-refractivity contribution is 6.30. The highest BCUT2D eigenvalue weighted by Gasteiger charge is 2.26. The smallest absolute Gasteiger partial charge is 0.166 e. The van der Waals surface area contributed by atoms with E-state index in [1.54, 1.807) is 0 Å². The summed E-state index contributed by atoms with van der Waals surface area (Å²) in [5, 5.41) is 7.19. The molecule has 0 N–H and O–H groups in total. The van der Waals surface area contributed by atoms with Crippen molar-refractivity contribution in [2.75, 3.05) is 0 Å². The molecule has 0 spiro atoms. The van der Waals surface area contributed by atoms with Gasteiger partial charge in [-0.1, -0.05) is 127 Å². The lowest BCUT2D eigenvalue weighted by molar-refractivity contribution is 0.669. The van der Waals surface area contributed by atoms with Gasteiger partial charge < -0.3 is 8.98 Å². The molecule has 0 unspecified atom stereocenters. The largest absolute Gasteiger partial charge is 0.456 e. The fraction of sp³-hybridized carbons (Fsp3) is 0. The second-order valence-electron chi connectivity index (χ2n) is 13.9. The normalized spacial score (nSPS) is 12.1. The molecule has 250 valence electrons. The molecular formula is C49H28N4O. The maximum Gasteiger partial charge on any atom is 0.166 e. The lowest BCUT2D eigenvalue weighted by atomic mass is 9.93. The number of hydrogen-bond acceptors (Lipinski definition) is 4. The standard InChI is InChI=1S/C49H28N4O/c1-2-12-30(13-3-1)47-50-48(31-24-26-35-34-17-7-9-23-42(34)54-43(35)28-31)52-49(51-47)38-18-6-8-21-39(38)53-40-22-11-20-37-33-16-5-4-15-32(33)36-19-10-14-29-25-27-41(53)46(44(29)36)45(37)40/h1-28H. The topological polar surface area (TPSA) is 56.7 Å². The van der Waals surface area contributed by atoms with Crippen molar-refractivity contribution in [3.63, 3.8) is 0 Å². The predicted octanol–water partition coefficient (Wildman–Crippen LogP) is 12.7. The number of aromatic nitrogens is 4. The summed E-state index contributed by atoms with van der Waals surface area (Å²) < 4.78 is 8.70. The van der Waals surface area contributed by atoms with E-state index in [4.69, 9.17) is 19.4 Å². The maximum absolute atomic E-state index is 6.29. The number of benzene rings is 8. The molecule has 3 heterocycles. The number of para-hydroxylation sites is 2. The monoisotopic (exact) mass is 688 g/mol. The quantitative estimate of drug-likeness (QED) is 0.185. The minimum Gasteiger partial charge on any atom is -0.456 e. The third-order valence-corrected chi connectivity index (χ3v) is 11.0. The van der Waals surface area contributed by atoms with Gasteiger partial charge in [0.2, 0.25) is 0 Å². The SMILES string of the molecule is c1ccc(-c2nc(-c3ccc4c(c3)oc3ccccc34)nc(-c3ccccc3-n3c4cccc5c4c4c6c(cccc6ccc43)-c3ccccc3-5)n2)cc1. The van der Waals surface area contributed by atoms with Crippen molar-refractivity contribution in [1.29, 1.82) is 0 Å². The van der Waals surface area contributed by atoms with Crippen LogP contribution in [0, 0.1) is 0 Å². The van der Waals surface area contributed by atoms with Crippen LogP contribution in [0.2, 0.25) is 0 Å². The molecule has 11 aromatic rings. The molecule has 0 radical (unpaired) electrons. The summed E-state index contributed by atoms with van der Waals surface area (Å²) in [6.45, 7) is 0. The molecule has 1 aliphatic carbocycles. The molecule has 0 saturated carbocycles. The Kier molecular flexibility index (Phi) is 5.99. The van der Waals surface area contributed by atoms with Crippen LogP contribution in [0.1, 0.15) is 0 Å². The van der Waals surface area contributed by atoms with Crippen LogP contribution in [0.25, 0.3) is 117 Å². The minimum absolute atomic E-state index is 0.585. The summed E-state index contributed by atoms with van der Waals surface area (Å²) in [5.74, 6) is 1.80. The number of fused-ring (bicyclic) bond motifs is 6. The van der Waals surface area contributed by atoms with Gasteiger partial charge in [-0.3, -0.25) is 0 Å². The van der Waals surface area contributed by atoms with Gasteiger partial charge in [0.15, 0.2) is 17.5 Å². The van der Waals surface area contributed by atoms with Gasteiger partial charge in [-0.25, -0.2) is 15.0 Å². The average molecular weight is 689 g/mol. The van der Waals surface area contributed by atoms with Gasteiger partial charge in [-0.05, 0) is 75.5 Å². The number of rotatable bonds is 4. The predicted molar refractivity (Wildman–Crippen MR) is 220 cm³/mol. The minimum atomic E-state index is 0.585. The summed E-state index contributed by atoms with van der Waals surface area (Å²) in [6.07, 6.45) is 0. The Morgan fingerprint density at radius 1 is 0.370 bits per heavy atom. The molecule has 8 aromatic carbocycles. The van der Waals surface area contributed by atoms with Crippen LogP contribution in [0.5, 0.6) is 0 Å². The summed E-state index contributed by atoms with van der Waals surface area (Å²) in [6, 6.07) is 59.7. The van der Waals surface area contributed by atoms with E-state index in [1.165, 1.54) is 43.8 Å². The second-order valence-corrected chi connectivity index (χ2v) is 13.9. The summed E-state index contributed by atoms with van der Waals surface area (Å²) in [7, 11) is 0. The van der Waals surface area contributed by atoms with Gasteiger partial charge >= 0.3 is 0 Å². The average Bonchev–Trinajstić information content (AvgIpc) is 3.75. The van der Waals surface area contributed by atoms with E-state index in [-0.39, 0.29) is 0 Å². The fourth-order valence-corrected chi connectivity index (χ4v) is 8.65. The zero-order valence-corrected chi connectivity index (χ0v) is 28.9. The first kappa shape index (κ1) is 29.2. The summed E-state index contributed by atoms with van der Waals surface area (Å²) in [5.41, 5.74) is 12.6. The van der Waals surface area contributed by atoms with Gasteiger partial charge in [-0.2, -0.15) is 0 Å². The van der Waals surface area contributed by atoms with Crippen LogP contribution in [0.4, 0.5) is 0 Å². The fourth-order valence-electron chi connectivity index (χ4n) is 8.65. The van der Waals surface area contributed by atoms with Gasteiger partial charge in [0, 0.05) is 38.2 Å². The summed E-state index contributed by atoms with van der Waals surface area (Å²) >= 11 is 0. The van der Waals surface area contributed by atoms with E-state index in [0.29, 0.717) is 17.5 Å². The third kappa shape index (κ3) is 4.12. The number of hydrogen-bond donors (Lipinski definition) is 0. The summed E-state index contributed by atoms with van der Waals surface area (Å²) in [4.78, 5) is 15.5. The zero-order chi connectivity index (χ0) is 35.3. The van der Waals surface area contributed by atoms with Crippen LogP contribution >= 0.6 is 0 Å². The van der Waals surface area contributed by atoms with Gasteiger partial charge in [0.05, 0.1) is 16.7 Å². The molecule has 0 bridgehead atoms. The Hall–Kier alpha value is -7.37. The molecule has 0 amide bonds. The van der Waals surface area contributed by atoms with Crippen molar-refractivity contribution < 1.29 is 4.42 Å². The Morgan fingerprint density at radius 3 is 1.85 bits per heavy atom. The molecular weight excluding hydrogens is 661 g/mol. The number of nitrogens with zero attached hydrogens (tertiary/aromatic N) is 4. The molecule has 5 nitrogen and oxygen atoms in total. The molecule has 0 atom stereocenters. The van der Waals surface area contributed by atoms with Gasteiger partial charge in [0.25, 0.3) is 0 Å². The first-order chi connectivity index (χ1) is 26.8. The Morgan fingerprint density at radius 2 is 1.00 bits per heavy atom. The second kappa shape index (κ2) is 11.1. The van der Waals surface area contributed by atoms with Crippen LogP contribution in [0.15, 0.2) is 174 Å². The number of furan rings is 1. The Bertz CT molecular complexity index is 3340. The van der Waals surface area contributed by atoms with E-state index in [0.717, 1.165) is 55.3 Å². The van der Waals surface area contributed by atoms with Crippen LogP contribution in [-0.2, 0) is 0 Å². The molecule has 0 aliphatic heterocycles. The van der Waals surface area contributed by atoms with E-state index in [1.807, 2.05) is 54.6 Å². The molecule has 0 fully saturated rings. The molecule has 1 aliphatic rings. The van der Waals surface area contributed by atoms with Crippen molar-refractivity contribution in [3.05, 3.63) is 170 Å². The molecule has 3 aromatic heterocycles. The highest BCUT2D eigenvalue weighted by Crippen LogP contribution is 2.50. The van der Waals surface area contributed by atoms with Crippen molar-refractivity contribution in [2.24, 2.45) is 0 Å². The first-order valence-corrected chi connectivity index (χ1v) is 18.2. The van der Waals surface area contributed by atoms with E-state index < -0.39 is 0 Å². The Balaban J connectivity index is 1.14. The molecule has 5 heteroatoms.